The number of carbonyl (C=O) groups excluding carboxylic acids is 1. The molecule has 1 amide bonds. The van der Waals surface area contributed by atoms with Gasteiger partial charge in [0.15, 0.2) is 0 Å². The van der Waals surface area contributed by atoms with Crippen molar-refractivity contribution in [2.45, 2.75) is 57.9 Å². The molecule has 4 saturated carbocycles. The molecule has 4 fully saturated rings. The second kappa shape index (κ2) is 4.30. The van der Waals surface area contributed by atoms with Crippen LogP contribution in [0.25, 0.3) is 0 Å². The Bertz CT molecular complexity index is 357. The lowest BCUT2D eigenvalue weighted by molar-refractivity contribution is -0.146. The molecule has 4 aliphatic carbocycles. The molecule has 0 radical (unpaired) electrons. The van der Waals surface area contributed by atoms with Crippen LogP contribution >= 0.6 is 0 Å². The van der Waals surface area contributed by atoms with Crippen molar-refractivity contribution in [1.29, 1.82) is 0 Å². The number of terminal acetylenes is 1. The van der Waals surface area contributed by atoms with Crippen molar-refractivity contribution in [1.82, 2.24) is 5.32 Å². The molecular weight excluding hydrogens is 222 g/mol. The van der Waals surface area contributed by atoms with Crippen LogP contribution in [0.5, 0.6) is 0 Å². The van der Waals surface area contributed by atoms with Gasteiger partial charge in [0, 0.05) is 5.41 Å². The Kier molecular flexibility index (Phi) is 2.88. The molecule has 2 heteroatoms. The zero-order valence-corrected chi connectivity index (χ0v) is 11.2. The predicted octanol–water partition coefficient (Wildman–Crippen LogP) is 2.73. The summed E-state index contributed by atoms with van der Waals surface area (Å²) in [5, 5.41) is 3.10. The van der Waals surface area contributed by atoms with E-state index in [0.717, 1.165) is 43.4 Å². The van der Waals surface area contributed by atoms with Crippen molar-refractivity contribution in [3.8, 4) is 12.3 Å². The Labute approximate surface area is 110 Å². The van der Waals surface area contributed by atoms with Crippen LogP contribution in [0.1, 0.15) is 51.9 Å². The average molecular weight is 245 g/mol. The number of nitrogens with one attached hydrogen (secondary N) is 1. The van der Waals surface area contributed by atoms with Gasteiger partial charge < -0.3 is 5.32 Å². The molecule has 0 spiro atoms. The fourth-order valence-electron chi connectivity index (χ4n) is 4.96. The molecule has 4 aliphatic rings. The molecule has 1 unspecified atom stereocenters. The highest BCUT2D eigenvalue weighted by atomic mass is 16.2. The number of hydrogen-bond donors (Lipinski definition) is 1. The summed E-state index contributed by atoms with van der Waals surface area (Å²) in [7, 11) is 0. The molecule has 0 aromatic rings. The number of rotatable bonds is 3. The van der Waals surface area contributed by atoms with Gasteiger partial charge in [-0.3, -0.25) is 4.79 Å². The van der Waals surface area contributed by atoms with E-state index in [0.29, 0.717) is 0 Å². The zero-order chi connectivity index (χ0) is 12.8. The first-order valence-electron chi connectivity index (χ1n) is 7.42. The topological polar surface area (TPSA) is 29.1 Å². The largest absolute Gasteiger partial charge is 0.342 e. The summed E-state index contributed by atoms with van der Waals surface area (Å²) < 4.78 is 0. The molecule has 98 valence electrons. The molecule has 0 heterocycles. The summed E-state index contributed by atoms with van der Waals surface area (Å²) >= 11 is 0. The standard InChI is InChI=1S/C16H23NO/c1-3-14(4-2)17-15(18)16-8-11-5-12(9-16)7-13(6-11)10-16/h1,11-14H,4-10H2,2H3,(H,17,18). The van der Waals surface area contributed by atoms with E-state index in [1.54, 1.807) is 0 Å². The van der Waals surface area contributed by atoms with Crippen LogP contribution in [0.3, 0.4) is 0 Å². The van der Waals surface area contributed by atoms with E-state index in [1.165, 1.54) is 19.3 Å². The van der Waals surface area contributed by atoms with Crippen molar-refractivity contribution in [2.75, 3.05) is 0 Å². The first kappa shape index (κ1) is 12.1. The van der Waals surface area contributed by atoms with Crippen LogP contribution < -0.4 is 5.32 Å². The van der Waals surface area contributed by atoms with Crippen molar-refractivity contribution in [2.24, 2.45) is 23.2 Å². The maximum Gasteiger partial charge on any atom is 0.227 e. The molecule has 2 nitrogen and oxygen atoms in total. The van der Waals surface area contributed by atoms with Crippen LogP contribution in [-0.4, -0.2) is 11.9 Å². The second-order valence-corrected chi connectivity index (χ2v) is 6.80. The van der Waals surface area contributed by atoms with Gasteiger partial charge in [-0.05, 0) is 62.7 Å². The maximum absolute atomic E-state index is 12.6. The van der Waals surface area contributed by atoms with Gasteiger partial charge in [0.05, 0.1) is 6.04 Å². The Morgan fingerprint density at radius 2 is 1.78 bits per heavy atom. The minimum absolute atomic E-state index is 0.0565. The Balaban J connectivity index is 1.75. The quantitative estimate of drug-likeness (QED) is 0.761. The SMILES string of the molecule is C#CC(CC)NC(=O)C12CC3CC(CC(C3)C1)C2. The lowest BCUT2D eigenvalue weighted by Crippen LogP contribution is -2.55. The Morgan fingerprint density at radius 3 is 2.17 bits per heavy atom. The van der Waals surface area contributed by atoms with Crippen molar-refractivity contribution >= 4 is 5.91 Å². The van der Waals surface area contributed by atoms with Crippen molar-refractivity contribution in [3.05, 3.63) is 0 Å². The summed E-state index contributed by atoms with van der Waals surface area (Å²) in [4.78, 5) is 12.6. The summed E-state index contributed by atoms with van der Waals surface area (Å²) in [5.74, 6) is 5.38. The fourth-order valence-corrected chi connectivity index (χ4v) is 4.96. The molecule has 4 bridgehead atoms. The van der Waals surface area contributed by atoms with E-state index in [2.05, 4.69) is 11.2 Å². The molecule has 4 rings (SSSR count). The smallest absolute Gasteiger partial charge is 0.227 e. The molecule has 0 saturated heterocycles. The summed E-state index contributed by atoms with van der Waals surface area (Å²) in [5.41, 5.74) is -0.0565. The first-order chi connectivity index (χ1) is 8.65. The average Bonchev–Trinajstić information content (AvgIpc) is 2.34. The molecule has 1 atom stereocenters. The minimum atomic E-state index is -0.0782. The van der Waals surface area contributed by atoms with E-state index in [-0.39, 0.29) is 17.4 Å². The molecular formula is C16H23NO. The number of amides is 1. The number of hydrogen-bond acceptors (Lipinski definition) is 1. The molecule has 0 aromatic heterocycles. The molecule has 18 heavy (non-hydrogen) atoms. The normalized spacial score (nSPS) is 42.3. The number of carbonyl (C=O) groups is 1. The predicted molar refractivity (Wildman–Crippen MR) is 71.7 cm³/mol. The highest BCUT2D eigenvalue weighted by Gasteiger charge is 2.54. The van der Waals surface area contributed by atoms with E-state index in [1.807, 2.05) is 6.92 Å². The summed E-state index contributed by atoms with van der Waals surface area (Å²) in [6.45, 7) is 2.03. The van der Waals surface area contributed by atoms with Crippen LogP contribution in [-0.2, 0) is 4.79 Å². The lowest BCUT2D eigenvalue weighted by atomic mass is 9.49. The summed E-state index contributed by atoms with van der Waals surface area (Å²) in [6, 6.07) is -0.0782. The highest BCUT2D eigenvalue weighted by Crippen LogP contribution is 2.60. The lowest BCUT2D eigenvalue weighted by Gasteiger charge is -2.55. The Morgan fingerprint density at radius 1 is 1.28 bits per heavy atom. The monoisotopic (exact) mass is 245 g/mol. The van der Waals surface area contributed by atoms with E-state index in [4.69, 9.17) is 6.42 Å². The van der Waals surface area contributed by atoms with Gasteiger partial charge in [-0.1, -0.05) is 12.8 Å². The van der Waals surface area contributed by atoms with Crippen molar-refractivity contribution in [3.63, 3.8) is 0 Å². The van der Waals surface area contributed by atoms with Crippen LogP contribution in [0.15, 0.2) is 0 Å². The van der Waals surface area contributed by atoms with E-state index >= 15 is 0 Å². The van der Waals surface area contributed by atoms with E-state index < -0.39 is 0 Å². The molecule has 0 aromatic carbocycles. The van der Waals surface area contributed by atoms with Crippen LogP contribution in [0.2, 0.25) is 0 Å². The van der Waals surface area contributed by atoms with Gasteiger partial charge in [0.1, 0.15) is 0 Å². The highest BCUT2D eigenvalue weighted by molar-refractivity contribution is 5.83. The minimum Gasteiger partial charge on any atom is -0.342 e. The third-order valence-corrected chi connectivity index (χ3v) is 5.43. The molecule has 1 N–H and O–H groups in total. The Hall–Kier alpha value is -0.970. The van der Waals surface area contributed by atoms with Gasteiger partial charge in [0.2, 0.25) is 5.91 Å². The van der Waals surface area contributed by atoms with Crippen LogP contribution in [0.4, 0.5) is 0 Å². The van der Waals surface area contributed by atoms with Gasteiger partial charge in [-0.15, -0.1) is 6.42 Å². The van der Waals surface area contributed by atoms with Crippen LogP contribution in [0, 0.1) is 35.5 Å². The van der Waals surface area contributed by atoms with Crippen molar-refractivity contribution < 1.29 is 4.79 Å². The molecule has 0 aliphatic heterocycles. The fraction of sp³-hybridized carbons (Fsp3) is 0.812. The zero-order valence-electron chi connectivity index (χ0n) is 11.2. The van der Waals surface area contributed by atoms with Gasteiger partial charge in [0.25, 0.3) is 0 Å². The maximum atomic E-state index is 12.6. The van der Waals surface area contributed by atoms with Gasteiger partial charge in [-0.25, -0.2) is 0 Å². The third kappa shape index (κ3) is 1.85. The first-order valence-corrected chi connectivity index (χ1v) is 7.42. The van der Waals surface area contributed by atoms with Gasteiger partial charge in [-0.2, -0.15) is 0 Å². The second-order valence-electron chi connectivity index (χ2n) is 6.80. The summed E-state index contributed by atoms with van der Waals surface area (Å²) in [6.07, 6.45) is 13.8. The van der Waals surface area contributed by atoms with E-state index in [9.17, 15) is 4.79 Å². The van der Waals surface area contributed by atoms with Gasteiger partial charge >= 0.3 is 0 Å². The third-order valence-electron chi connectivity index (χ3n) is 5.43.